The number of hydrogen-bond acceptors (Lipinski definition) is 2. The summed E-state index contributed by atoms with van der Waals surface area (Å²) in [6.45, 7) is 1.80. The number of halogens is 1. The molecule has 0 amide bonds. The lowest BCUT2D eigenvalue weighted by Gasteiger charge is -1.98. The minimum absolute atomic E-state index is 0.165. The van der Waals surface area contributed by atoms with Crippen LogP contribution >= 0.6 is 21.2 Å². The van der Waals surface area contributed by atoms with Crippen molar-refractivity contribution in [3.63, 3.8) is 0 Å². The Morgan fingerprint density at radius 2 is 2.17 bits per heavy atom. The first-order valence-corrected chi connectivity index (χ1v) is 5.22. The van der Waals surface area contributed by atoms with Crippen molar-refractivity contribution in [2.24, 2.45) is 0 Å². The zero-order valence-electron chi connectivity index (χ0n) is 6.37. The Kier molecular flexibility index (Phi) is 2.91. The molecular formula is C8H7IO3. The number of carboxylic acid groups (broad SMARTS) is 1. The average Bonchev–Trinajstić information content (AvgIpc) is 2.04. The van der Waals surface area contributed by atoms with Gasteiger partial charge in [0.05, 0.1) is 9.13 Å². The smallest absolute Gasteiger partial charge is 0.336 e. The molecule has 4 heteroatoms. The number of carbonyl (C=O) groups is 1. The molecule has 0 fully saturated rings. The Morgan fingerprint density at radius 1 is 1.50 bits per heavy atom. The summed E-state index contributed by atoms with van der Waals surface area (Å²) < 4.78 is 11.1. The lowest BCUT2D eigenvalue weighted by Crippen LogP contribution is -1.99. The van der Waals surface area contributed by atoms with E-state index >= 15 is 0 Å². The predicted molar refractivity (Wildman–Crippen MR) is 51.5 cm³/mol. The number of hydrogen-bond donors (Lipinski definition) is 1. The highest BCUT2D eigenvalue weighted by molar-refractivity contribution is 14.1. The van der Waals surface area contributed by atoms with Gasteiger partial charge in [-0.1, -0.05) is 11.6 Å². The molecule has 0 heterocycles. The first-order valence-electron chi connectivity index (χ1n) is 3.26. The highest BCUT2D eigenvalue weighted by Gasteiger charge is 2.09. The fourth-order valence-electron chi connectivity index (χ4n) is 0.870. The van der Waals surface area contributed by atoms with Gasteiger partial charge in [0.2, 0.25) is 0 Å². The maximum Gasteiger partial charge on any atom is 0.336 e. The molecule has 1 aromatic rings. The van der Waals surface area contributed by atoms with Crippen molar-refractivity contribution in [3.8, 4) is 0 Å². The number of aromatic carboxylic acids is 1. The molecule has 0 aromatic heterocycles. The topological polar surface area (TPSA) is 54.4 Å². The number of benzene rings is 1. The number of carboxylic acids is 1. The van der Waals surface area contributed by atoms with Crippen LogP contribution in [-0.4, -0.2) is 11.1 Å². The minimum Gasteiger partial charge on any atom is -0.478 e. The van der Waals surface area contributed by atoms with Crippen molar-refractivity contribution in [2.75, 3.05) is 0 Å². The van der Waals surface area contributed by atoms with Crippen LogP contribution in [0.15, 0.2) is 18.2 Å². The lowest BCUT2D eigenvalue weighted by atomic mass is 10.1. The van der Waals surface area contributed by atoms with Crippen LogP contribution in [0.25, 0.3) is 0 Å². The van der Waals surface area contributed by atoms with Crippen LogP contribution in [0.5, 0.6) is 0 Å². The van der Waals surface area contributed by atoms with Crippen molar-refractivity contribution in [1.29, 1.82) is 0 Å². The highest BCUT2D eigenvalue weighted by atomic mass is 127. The summed E-state index contributed by atoms with van der Waals surface area (Å²) in [5.41, 5.74) is 1.03. The SMILES string of the molecule is Cc1ccc(I=O)c(C(=O)O)c1. The second kappa shape index (κ2) is 3.75. The van der Waals surface area contributed by atoms with Crippen molar-refractivity contribution >= 4 is 27.2 Å². The molecule has 0 atom stereocenters. The van der Waals surface area contributed by atoms with Crippen molar-refractivity contribution < 1.29 is 13.0 Å². The second-order valence-corrected chi connectivity index (χ2v) is 3.97. The second-order valence-electron chi connectivity index (χ2n) is 2.37. The van der Waals surface area contributed by atoms with E-state index in [1.807, 2.05) is 0 Å². The number of aryl methyl sites for hydroxylation is 1. The van der Waals surface area contributed by atoms with Crippen LogP contribution in [-0.2, 0) is 3.07 Å². The van der Waals surface area contributed by atoms with Gasteiger partial charge in [-0.3, -0.25) is 3.07 Å². The third-order valence-electron chi connectivity index (χ3n) is 1.44. The van der Waals surface area contributed by atoms with Crippen LogP contribution in [0.4, 0.5) is 0 Å². The largest absolute Gasteiger partial charge is 0.478 e. The van der Waals surface area contributed by atoms with Crippen LogP contribution in [0.2, 0.25) is 0 Å². The molecule has 0 aliphatic carbocycles. The maximum atomic E-state index is 10.6. The van der Waals surface area contributed by atoms with E-state index in [-0.39, 0.29) is 5.56 Å². The minimum atomic E-state index is -1.39. The zero-order valence-corrected chi connectivity index (χ0v) is 8.53. The van der Waals surface area contributed by atoms with E-state index in [2.05, 4.69) is 0 Å². The Bertz CT molecular complexity index is 333. The van der Waals surface area contributed by atoms with Gasteiger partial charge in [0.15, 0.2) is 21.2 Å². The molecule has 0 bridgehead atoms. The third kappa shape index (κ3) is 1.88. The summed E-state index contributed by atoms with van der Waals surface area (Å²) in [4.78, 5) is 10.6. The van der Waals surface area contributed by atoms with Gasteiger partial charge < -0.3 is 5.11 Å². The van der Waals surface area contributed by atoms with Crippen molar-refractivity contribution in [3.05, 3.63) is 32.9 Å². The molecule has 0 saturated heterocycles. The molecule has 0 aliphatic heterocycles. The molecule has 3 nitrogen and oxygen atoms in total. The third-order valence-corrected chi connectivity index (χ3v) is 2.85. The van der Waals surface area contributed by atoms with Gasteiger partial charge in [0.1, 0.15) is 0 Å². The normalized spacial score (nSPS) is 9.75. The quantitative estimate of drug-likeness (QED) is 0.843. The van der Waals surface area contributed by atoms with E-state index in [1.54, 1.807) is 19.1 Å². The fourth-order valence-corrected chi connectivity index (χ4v) is 1.82. The summed E-state index contributed by atoms with van der Waals surface area (Å²) in [5, 5.41) is 8.70. The van der Waals surface area contributed by atoms with Crippen LogP contribution in [0.3, 0.4) is 0 Å². The first-order chi connectivity index (χ1) is 5.65. The average molecular weight is 278 g/mol. The molecule has 0 saturated carbocycles. The van der Waals surface area contributed by atoms with E-state index in [1.165, 1.54) is 6.07 Å². The summed E-state index contributed by atoms with van der Waals surface area (Å²) in [5.74, 6) is -1.01. The summed E-state index contributed by atoms with van der Waals surface area (Å²) in [6, 6.07) is 4.91. The van der Waals surface area contributed by atoms with Gasteiger partial charge in [-0.15, -0.1) is 0 Å². The molecule has 12 heavy (non-hydrogen) atoms. The van der Waals surface area contributed by atoms with E-state index in [9.17, 15) is 7.86 Å². The lowest BCUT2D eigenvalue weighted by molar-refractivity contribution is 0.0695. The van der Waals surface area contributed by atoms with Gasteiger partial charge >= 0.3 is 5.97 Å². The molecule has 0 spiro atoms. The van der Waals surface area contributed by atoms with Gasteiger partial charge in [0.25, 0.3) is 0 Å². The zero-order chi connectivity index (χ0) is 9.14. The molecule has 0 radical (unpaired) electrons. The fraction of sp³-hybridized carbons (Fsp3) is 0.125. The van der Waals surface area contributed by atoms with Gasteiger partial charge in [-0.2, -0.15) is 0 Å². The monoisotopic (exact) mass is 278 g/mol. The van der Waals surface area contributed by atoms with Crippen molar-refractivity contribution in [2.45, 2.75) is 6.92 Å². The van der Waals surface area contributed by atoms with E-state index < -0.39 is 27.2 Å². The summed E-state index contributed by atoms with van der Waals surface area (Å²) >= 11 is -1.39. The molecule has 1 aromatic carbocycles. The first kappa shape index (κ1) is 9.31. The van der Waals surface area contributed by atoms with Crippen LogP contribution in [0.1, 0.15) is 15.9 Å². The summed E-state index contributed by atoms with van der Waals surface area (Å²) in [7, 11) is 0. The molecular weight excluding hydrogens is 271 g/mol. The molecule has 1 N–H and O–H groups in total. The van der Waals surface area contributed by atoms with Gasteiger partial charge in [-0.25, -0.2) is 4.79 Å². The number of rotatable bonds is 2. The van der Waals surface area contributed by atoms with E-state index in [0.29, 0.717) is 3.57 Å². The predicted octanol–water partition coefficient (Wildman–Crippen LogP) is 2.18. The van der Waals surface area contributed by atoms with Gasteiger partial charge in [0, 0.05) is 0 Å². The van der Waals surface area contributed by atoms with Crippen LogP contribution < -0.4 is 0 Å². The summed E-state index contributed by atoms with van der Waals surface area (Å²) in [6.07, 6.45) is 0. The van der Waals surface area contributed by atoms with Gasteiger partial charge in [-0.05, 0) is 19.1 Å². The van der Waals surface area contributed by atoms with E-state index in [0.717, 1.165) is 5.56 Å². The van der Waals surface area contributed by atoms with E-state index in [4.69, 9.17) is 5.11 Å². The Balaban J connectivity index is 3.30. The highest BCUT2D eigenvalue weighted by Crippen LogP contribution is 2.17. The Morgan fingerprint density at radius 3 is 2.67 bits per heavy atom. The molecule has 1 rings (SSSR count). The Labute approximate surface area is 80.1 Å². The maximum absolute atomic E-state index is 10.6. The van der Waals surface area contributed by atoms with Crippen LogP contribution in [0, 0.1) is 10.5 Å². The molecule has 0 unspecified atom stereocenters. The van der Waals surface area contributed by atoms with Crippen molar-refractivity contribution in [1.82, 2.24) is 0 Å². The standard InChI is InChI=1S/C8H7IO3/c1-5-2-3-7(9-12)6(4-5)8(10)11/h2-4H,1H3,(H,10,11). The molecule has 0 aliphatic rings. The Hall–Kier alpha value is -0.780. The molecule has 64 valence electrons.